The molecule has 0 aromatic heterocycles. The Morgan fingerprint density at radius 3 is 2.39 bits per heavy atom. The molecule has 0 heterocycles. The molecule has 0 aliphatic heterocycles. The molecule has 0 spiro atoms. The quantitative estimate of drug-likeness (QED) is 0.624. The standard InChI is InChI=1S/C15H31NO2/c1-6-17-14-11-13(12-14)16(5)9-7-8-10-18-15(2,3)4/h13-14H,6-12H2,1-5H3/t13-,14-. The van der Waals surface area contributed by atoms with E-state index in [-0.39, 0.29) is 5.60 Å². The highest BCUT2D eigenvalue weighted by molar-refractivity contribution is 4.86. The van der Waals surface area contributed by atoms with Gasteiger partial charge in [0.05, 0.1) is 11.7 Å². The predicted octanol–water partition coefficient (Wildman–Crippen LogP) is 3.08. The lowest BCUT2D eigenvalue weighted by Gasteiger charge is -2.40. The second-order valence-corrected chi connectivity index (χ2v) is 6.35. The van der Waals surface area contributed by atoms with Gasteiger partial charge >= 0.3 is 0 Å². The molecule has 3 heteroatoms. The molecule has 1 aliphatic rings. The molecule has 0 bridgehead atoms. The third kappa shape index (κ3) is 6.17. The van der Waals surface area contributed by atoms with E-state index in [2.05, 4.69) is 39.6 Å². The van der Waals surface area contributed by atoms with Gasteiger partial charge in [-0.3, -0.25) is 0 Å². The van der Waals surface area contributed by atoms with E-state index in [1.54, 1.807) is 0 Å². The van der Waals surface area contributed by atoms with Crippen molar-refractivity contribution in [2.45, 2.75) is 71.1 Å². The summed E-state index contributed by atoms with van der Waals surface area (Å²) < 4.78 is 11.3. The fraction of sp³-hybridized carbons (Fsp3) is 1.00. The van der Waals surface area contributed by atoms with Crippen LogP contribution in [0.1, 0.15) is 53.4 Å². The van der Waals surface area contributed by atoms with Gasteiger partial charge in [0.1, 0.15) is 0 Å². The molecule has 0 unspecified atom stereocenters. The van der Waals surface area contributed by atoms with Crippen LogP contribution in [0.5, 0.6) is 0 Å². The molecule has 1 rings (SSSR count). The Bertz CT molecular complexity index is 219. The minimum atomic E-state index is 0.00455. The van der Waals surface area contributed by atoms with E-state index in [1.807, 2.05) is 0 Å². The molecule has 0 N–H and O–H groups in total. The fourth-order valence-electron chi connectivity index (χ4n) is 2.29. The number of nitrogens with zero attached hydrogens (tertiary/aromatic N) is 1. The van der Waals surface area contributed by atoms with Crippen LogP contribution in [0, 0.1) is 0 Å². The maximum Gasteiger partial charge on any atom is 0.0604 e. The summed E-state index contributed by atoms with van der Waals surface area (Å²) >= 11 is 0. The fourth-order valence-corrected chi connectivity index (χ4v) is 2.29. The van der Waals surface area contributed by atoms with E-state index in [1.165, 1.54) is 25.8 Å². The predicted molar refractivity (Wildman–Crippen MR) is 76.0 cm³/mol. The third-order valence-electron chi connectivity index (χ3n) is 3.54. The average molecular weight is 257 g/mol. The van der Waals surface area contributed by atoms with Crippen LogP contribution < -0.4 is 0 Å². The molecule has 0 aromatic carbocycles. The first kappa shape index (κ1) is 15.9. The summed E-state index contributed by atoms with van der Waals surface area (Å²) in [6.07, 6.45) is 5.32. The molecule has 108 valence electrons. The normalized spacial score (nSPS) is 24.3. The Balaban J connectivity index is 1.97. The minimum absolute atomic E-state index is 0.00455. The molecule has 0 radical (unpaired) electrons. The number of rotatable bonds is 8. The summed E-state index contributed by atoms with van der Waals surface area (Å²) in [5.74, 6) is 0. The lowest BCUT2D eigenvalue weighted by atomic mass is 9.88. The van der Waals surface area contributed by atoms with Gasteiger partial charge in [-0.25, -0.2) is 0 Å². The maximum atomic E-state index is 5.72. The maximum absolute atomic E-state index is 5.72. The van der Waals surface area contributed by atoms with Gasteiger partial charge in [0.15, 0.2) is 0 Å². The Hall–Kier alpha value is -0.120. The minimum Gasteiger partial charge on any atom is -0.378 e. The topological polar surface area (TPSA) is 21.7 Å². The first-order valence-electron chi connectivity index (χ1n) is 7.38. The van der Waals surface area contributed by atoms with Crippen LogP contribution in [0.2, 0.25) is 0 Å². The summed E-state index contributed by atoms with van der Waals surface area (Å²) in [5.41, 5.74) is 0.00455. The van der Waals surface area contributed by atoms with E-state index in [0.717, 1.165) is 25.7 Å². The number of unbranched alkanes of at least 4 members (excludes halogenated alkanes) is 1. The van der Waals surface area contributed by atoms with Crippen LogP contribution in [0.25, 0.3) is 0 Å². The molecule has 18 heavy (non-hydrogen) atoms. The summed E-state index contributed by atoms with van der Waals surface area (Å²) in [7, 11) is 2.23. The van der Waals surface area contributed by atoms with Gasteiger partial charge in [-0.1, -0.05) is 0 Å². The number of ether oxygens (including phenoxy) is 2. The van der Waals surface area contributed by atoms with Gasteiger partial charge in [-0.15, -0.1) is 0 Å². The smallest absolute Gasteiger partial charge is 0.0604 e. The van der Waals surface area contributed by atoms with Crippen LogP contribution in [-0.2, 0) is 9.47 Å². The second kappa shape index (κ2) is 7.46. The molecular formula is C15H31NO2. The molecule has 3 nitrogen and oxygen atoms in total. The van der Waals surface area contributed by atoms with Gasteiger partial charge in [0.2, 0.25) is 0 Å². The molecule has 1 aliphatic carbocycles. The van der Waals surface area contributed by atoms with E-state index in [9.17, 15) is 0 Å². The van der Waals surface area contributed by atoms with E-state index < -0.39 is 0 Å². The van der Waals surface area contributed by atoms with Crippen molar-refractivity contribution in [1.29, 1.82) is 0 Å². The Morgan fingerprint density at radius 2 is 1.83 bits per heavy atom. The largest absolute Gasteiger partial charge is 0.378 e. The van der Waals surface area contributed by atoms with Gasteiger partial charge < -0.3 is 14.4 Å². The van der Waals surface area contributed by atoms with Crippen molar-refractivity contribution in [2.75, 3.05) is 26.8 Å². The zero-order valence-electron chi connectivity index (χ0n) is 12.9. The average Bonchev–Trinajstić information content (AvgIpc) is 2.20. The molecule has 0 saturated heterocycles. The van der Waals surface area contributed by atoms with Crippen LogP contribution in [-0.4, -0.2) is 49.5 Å². The highest BCUT2D eigenvalue weighted by atomic mass is 16.5. The molecule has 0 amide bonds. The molecule has 0 aromatic rings. The second-order valence-electron chi connectivity index (χ2n) is 6.35. The lowest BCUT2D eigenvalue weighted by molar-refractivity contribution is -0.0416. The Morgan fingerprint density at radius 1 is 1.17 bits per heavy atom. The van der Waals surface area contributed by atoms with Crippen molar-refractivity contribution in [3.05, 3.63) is 0 Å². The Labute approximate surface area is 113 Å². The van der Waals surface area contributed by atoms with Crippen molar-refractivity contribution in [1.82, 2.24) is 4.90 Å². The van der Waals surface area contributed by atoms with Crippen molar-refractivity contribution < 1.29 is 9.47 Å². The van der Waals surface area contributed by atoms with Crippen LogP contribution in [0.15, 0.2) is 0 Å². The number of hydrogen-bond donors (Lipinski definition) is 0. The first-order valence-corrected chi connectivity index (χ1v) is 7.38. The van der Waals surface area contributed by atoms with Crippen LogP contribution >= 0.6 is 0 Å². The summed E-state index contributed by atoms with van der Waals surface area (Å²) in [6.45, 7) is 11.3. The SMILES string of the molecule is CCO[C@H]1C[C@H](N(C)CCCCOC(C)(C)C)C1. The molecular weight excluding hydrogens is 226 g/mol. The monoisotopic (exact) mass is 257 g/mol. The number of hydrogen-bond acceptors (Lipinski definition) is 3. The summed E-state index contributed by atoms with van der Waals surface area (Å²) in [5, 5.41) is 0. The highest BCUT2D eigenvalue weighted by Crippen LogP contribution is 2.27. The third-order valence-corrected chi connectivity index (χ3v) is 3.54. The highest BCUT2D eigenvalue weighted by Gasteiger charge is 2.31. The van der Waals surface area contributed by atoms with Crippen molar-refractivity contribution >= 4 is 0 Å². The first-order chi connectivity index (χ1) is 8.42. The summed E-state index contributed by atoms with van der Waals surface area (Å²) in [6, 6.07) is 0.741. The molecule has 1 saturated carbocycles. The lowest BCUT2D eigenvalue weighted by Crippen LogP contribution is -2.46. The van der Waals surface area contributed by atoms with Crippen molar-refractivity contribution in [2.24, 2.45) is 0 Å². The van der Waals surface area contributed by atoms with Crippen LogP contribution in [0.3, 0.4) is 0 Å². The van der Waals surface area contributed by atoms with Gasteiger partial charge in [0, 0.05) is 19.3 Å². The van der Waals surface area contributed by atoms with Crippen LogP contribution in [0.4, 0.5) is 0 Å². The van der Waals surface area contributed by atoms with E-state index in [0.29, 0.717) is 6.10 Å². The van der Waals surface area contributed by atoms with E-state index in [4.69, 9.17) is 9.47 Å². The molecule has 0 atom stereocenters. The van der Waals surface area contributed by atoms with Gasteiger partial charge in [-0.2, -0.15) is 0 Å². The van der Waals surface area contributed by atoms with E-state index >= 15 is 0 Å². The summed E-state index contributed by atoms with van der Waals surface area (Å²) in [4.78, 5) is 2.48. The van der Waals surface area contributed by atoms with Gasteiger partial charge in [-0.05, 0) is 67.0 Å². The van der Waals surface area contributed by atoms with Crippen molar-refractivity contribution in [3.8, 4) is 0 Å². The molecule has 1 fully saturated rings. The zero-order valence-corrected chi connectivity index (χ0v) is 12.9. The zero-order chi connectivity index (χ0) is 13.6. The van der Waals surface area contributed by atoms with Crippen molar-refractivity contribution in [3.63, 3.8) is 0 Å². The Kier molecular flexibility index (Phi) is 6.61. The van der Waals surface area contributed by atoms with Gasteiger partial charge in [0.25, 0.3) is 0 Å².